The van der Waals surface area contributed by atoms with E-state index in [4.69, 9.17) is 0 Å². The molecule has 0 radical (unpaired) electrons. The van der Waals surface area contributed by atoms with Gasteiger partial charge in [0, 0.05) is 10.9 Å². The SMILES string of the molecule is O=C(CSc1nncn1C1CC1)NC(=O)NCc1cccs1. The average Bonchev–Trinajstić information content (AvgIpc) is 3.03. The number of urea groups is 1. The summed E-state index contributed by atoms with van der Waals surface area (Å²) >= 11 is 2.84. The first kappa shape index (κ1) is 15.0. The lowest BCUT2D eigenvalue weighted by Gasteiger charge is -2.06. The first-order valence-corrected chi connectivity index (χ1v) is 8.71. The number of amides is 3. The highest BCUT2D eigenvalue weighted by molar-refractivity contribution is 7.99. The molecule has 1 aliphatic rings. The van der Waals surface area contributed by atoms with Crippen molar-refractivity contribution in [2.24, 2.45) is 0 Å². The van der Waals surface area contributed by atoms with Crippen LogP contribution in [-0.2, 0) is 11.3 Å². The van der Waals surface area contributed by atoms with Crippen LogP contribution in [0.3, 0.4) is 0 Å². The van der Waals surface area contributed by atoms with Crippen LogP contribution < -0.4 is 10.6 Å². The van der Waals surface area contributed by atoms with E-state index in [-0.39, 0.29) is 11.7 Å². The van der Waals surface area contributed by atoms with Crippen LogP contribution in [0.2, 0.25) is 0 Å². The van der Waals surface area contributed by atoms with E-state index in [1.54, 1.807) is 17.7 Å². The van der Waals surface area contributed by atoms with Crippen molar-refractivity contribution in [1.29, 1.82) is 0 Å². The van der Waals surface area contributed by atoms with Crippen LogP contribution in [0, 0.1) is 0 Å². The van der Waals surface area contributed by atoms with Gasteiger partial charge in [0.1, 0.15) is 6.33 Å². The molecule has 0 bridgehead atoms. The van der Waals surface area contributed by atoms with Crippen LogP contribution in [0.5, 0.6) is 0 Å². The van der Waals surface area contributed by atoms with Gasteiger partial charge in [0.2, 0.25) is 5.91 Å². The molecule has 0 aliphatic heterocycles. The molecular weight excluding hydrogens is 322 g/mol. The Hall–Kier alpha value is -1.87. The lowest BCUT2D eigenvalue weighted by Crippen LogP contribution is -2.39. The zero-order valence-electron chi connectivity index (χ0n) is 11.7. The number of hydrogen-bond acceptors (Lipinski definition) is 6. The number of carbonyl (C=O) groups excluding carboxylic acids is 2. The fraction of sp³-hybridized carbons (Fsp3) is 0.385. The van der Waals surface area contributed by atoms with Gasteiger partial charge in [-0.25, -0.2) is 4.79 Å². The van der Waals surface area contributed by atoms with Crippen molar-refractivity contribution in [3.8, 4) is 0 Å². The van der Waals surface area contributed by atoms with E-state index in [1.807, 2.05) is 22.1 Å². The lowest BCUT2D eigenvalue weighted by atomic mass is 10.5. The van der Waals surface area contributed by atoms with Gasteiger partial charge in [-0.2, -0.15) is 0 Å². The second-order valence-electron chi connectivity index (χ2n) is 4.85. The fourth-order valence-electron chi connectivity index (χ4n) is 1.86. The van der Waals surface area contributed by atoms with Crippen LogP contribution in [0.15, 0.2) is 29.0 Å². The van der Waals surface area contributed by atoms with E-state index in [9.17, 15) is 9.59 Å². The molecule has 0 atom stereocenters. The van der Waals surface area contributed by atoms with Gasteiger partial charge in [0.25, 0.3) is 0 Å². The van der Waals surface area contributed by atoms with Gasteiger partial charge in [-0.1, -0.05) is 17.8 Å². The molecule has 1 saturated carbocycles. The third kappa shape index (κ3) is 4.08. The number of thiophene rings is 1. The Morgan fingerprint density at radius 1 is 1.45 bits per heavy atom. The van der Waals surface area contributed by atoms with Crippen LogP contribution >= 0.6 is 23.1 Å². The van der Waals surface area contributed by atoms with Crippen molar-refractivity contribution >= 4 is 35.0 Å². The standard InChI is InChI=1S/C13H15N5O2S2/c19-11(16-12(20)14-6-10-2-1-5-21-10)7-22-13-17-15-8-18(13)9-3-4-9/h1-2,5,8-9H,3-4,6-7H2,(H2,14,16,19,20). The Bertz CT molecular complexity index is 651. The highest BCUT2D eigenvalue weighted by Gasteiger charge is 2.26. The summed E-state index contributed by atoms with van der Waals surface area (Å²) in [7, 11) is 0. The fourth-order valence-corrected chi connectivity index (χ4v) is 3.28. The van der Waals surface area contributed by atoms with E-state index >= 15 is 0 Å². The molecular formula is C13H15N5O2S2. The molecule has 0 spiro atoms. The van der Waals surface area contributed by atoms with Gasteiger partial charge < -0.3 is 9.88 Å². The van der Waals surface area contributed by atoms with Crippen molar-refractivity contribution in [1.82, 2.24) is 25.4 Å². The van der Waals surface area contributed by atoms with E-state index in [1.165, 1.54) is 11.8 Å². The van der Waals surface area contributed by atoms with Crippen molar-refractivity contribution < 1.29 is 9.59 Å². The number of rotatable bonds is 6. The van der Waals surface area contributed by atoms with E-state index in [0.717, 1.165) is 22.9 Å². The normalized spacial score (nSPS) is 13.8. The van der Waals surface area contributed by atoms with E-state index < -0.39 is 6.03 Å². The molecule has 22 heavy (non-hydrogen) atoms. The largest absolute Gasteiger partial charge is 0.333 e. The molecule has 2 heterocycles. The zero-order valence-corrected chi connectivity index (χ0v) is 13.3. The molecule has 0 saturated heterocycles. The van der Waals surface area contributed by atoms with Crippen LogP contribution in [0.1, 0.15) is 23.8 Å². The topological polar surface area (TPSA) is 88.9 Å². The summed E-state index contributed by atoms with van der Waals surface area (Å²) in [5.74, 6) is -0.211. The first-order chi connectivity index (χ1) is 10.7. The summed E-state index contributed by atoms with van der Waals surface area (Å²) < 4.78 is 1.98. The van der Waals surface area contributed by atoms with Crippen molar-refractivity contribution in [3.63, 3.8) is 0 Å². The molecule has 2 aromatic heterocycles. The predicted octanol–water partition coefficient (Wildman–Crippen LogP) is 1.79. The number of aromatic nitrogens is 3. The molecule has 0 aromatic carbocycles. The van der Waals surface area contributed by atoms with E-state index in [2.05, 4.69) is 20.8 Å². The minimum atomic E-state index is -0.484. The number of nitrogens with zero attached hydrogens (tertiary/aromatic N) is 3. The van der Waals surface area contributed by atoms with Gasteiger partial charge in [-0.15, -0.1) is 21.5 Å². The summed E-state index contributed by atoms with van der Waals surface area (Å²) in [6.45, 7) is 0.417. The Balaban J connectivity index is 1.40. The Labute approximate surface area is 135 Å². The Morgan fingerprint density at radius 2 is 2.32 bits per heavy atom. The number of imide groups is 1. The molecule has 2 N–H and O–H groups in total. The van der Waals surface area contributed by atoms with Crippen molar-refractivity contribution in [3.05, 3.63) is 28.7 Å². The van der Waals surface area contributed by atoms with Gasteiger partial charge in [-0.3, -0.25) is 10.1 Å². The molecule has 7 nitrogen and oxygen atoms in total. The van der Waals surface area contributed by atoms with Gasteiger partial charge in [-0.05, 0) is 24.3 Å². The molecule has 3 rings (SSSR count). The minimum absolute atomic E-state index is 0.137. The number of hydrogen-bond donors (Lipinski definition) is 2. The highest BCUT2D eigenvalue weighted by atomic mass is 32.2. The molecule has 1 fully saturated rings. The summed E-state index contributed by atoms with van der Waals surface area (Å²) in [5.41, 5.74) is 0. The minimum Gasteiger partial charge on any atom is -0.333 e. The third-order valence-electron chi connectivity index (χ3n) is 3.07. The second kappa shape index (κ2) is 6.93. The second-order valence-corrected chi connectivity index (χ2v) is 6.83. The molecule has 9 heteroatoms. The highest BCUT2D eigenvalue weighted by Crippen LogP contribution is 2.37. The van der Waals surface area contributed by atoms with Gasteiger partial charge in [0.05, 0.1) is 12.3 Å². The van der Waals surface area contributed by atoms with Crippen LogP contribution in [0.4, 0.5) is 4.79 Å². The number of nitrogens with one attached hydrogen (secondary N) is 2. The molecule has 3 amide bonds. The summed E-state index contributed by atoms with van der Waals surface area (Å²) in [6, 6.07) is 3.82. The van der Waals surface area contributed by atoms with Crippen molar-refractivity contribution in [2.75, 3.05) is 5.75 Å². The lowest BCUT2D eigenvalue weighted by molar-refractivity contribution is -0.117. The molecule has 2 aromatic rings. The maximum absolute atomic E-state index is 11.8. The summed E-state index contributed by atoms with van der Waals surface area (Å²) in [6.07, 6.45) is 3.94. The summed E-state index contributed by atoms with van der Waals surface area (Å²) in [4.78, 5) is 24.4. The van der Waals surface area contributed by atoms with Gasteiger partial charge in [0.15, 0.2) is 5.16 Å². The summed E-state index contributed by atoms with van der Waals surface area (Å²) in [5, 5.41) is 15.5. The predicted molar refractivity (Wildman–Crippen MR) is 83.7 cm³/mol. The Kier molecular flexibility index (Phi) is 4.74. The maximum Gasteiger partial charge on any atom is 0.321 e. The quantitative estimate of drug-likeness (QED) is 0.785. The van der Waals surface area contributed by atoms with Gasteiger partial charge >= 0.3 is 6.03 Å². The first-order valence-electron chi connectivity index (χ1n) is 6.85. The average molecular weight is 337 g/mol. The Morgan fingerprint density at radius 3 is 3.05 bits per heavy atom. The third-order valence-corrected chi connectivity index (χ3v) is 4.90. The molecule has 116 valence electrons. The van der Waals surface area contributed by atoms with E-state index in [0.29, 0.717) is 12.6 Å². The van der Waals surface area contributed by atoms with Crippen LogP contribution in [-0.4, -0.2) is 32.5 Å². The van der Waals surface area contributed by atoms with Crippen LogP contribution in [0.25, 0.3) is 0 Å². The monoisotopic (exact) mass is 337 g/mol. The van der Waals surface area contributed by atoms with Crippen molar-refractivity contribution in [2.45, 2.75) is 30.6 Å². The maximum atomic E-state index is 11.8. The molecule has 1 aliphatic carbocycles. The smallest absolute Gasteiger partial charge is 0.321 e. The molecule has 0 unspecified atom stereocenters. The number of carbonyl (C=O) groups is 2. The number of thioether (sulfide) groups is 1. The zero-order chi connectivity index (χ0) is 15.4.